The van der Waals surface area contributed by atoms with Crippen LogP contribution in [-0.4, -0.2) is 21.9 Å². The van der Waals surface area contributed by atoms with E-state index in [2.05, 4.69) is 10.2 Å². The summed E-state index contributed by atoms with van der Waals surface area (Å²) in [6.45, 7) is 0.117. The average Bonchev–Trinajstić information content (AvgIpc) is 3.15. The summed E-state index contributed by atoms with van der Waals surface area (Å²) >= 11 is 0. The van der Waals surface area contributed by atoms with E-state index in [1.165, 1.54) is 6.39 Å². The molecule has 1 N–H and O–H groups in total. The van der Waals surface area contributed by atoms with Crippen LogP contribution in [0.4, 0.5) is 0 Å². The summed E-state index contributed by atoms with van der Waals surface area (Å²) in [4.78, 5) is 0. The lowest BCUT2D eigenvalue weighted by atomic mass is 10.1. The molecule has 0 saturated heterocycles. The summed E-state index contributed by atoms with van der Waals surface area (Å²) in [6.07, 6.45) is 0.506. The molecule has 0 radical (unpaired) electrons. The molecule has 3 rings (SSSR count). The highest BCUT2D eigenvalue weighted by Crippen LogP contribution is 2.21. The number of hydrogen-bond donors (Lipinski definition) is 1. The Morgan fingerprint density at radius 3 is 2.48 bits per heavy atom. The molecule has 0 spiro atoms. The zero-order valence-corrected chi connectivity index (χ0v) is 12.1. The Labute approximate surface area is 132 Å². The lowest BCUT2D eigenvalue weighted by Crippen LogP contribution is -2.09. The fourth-order valence-corrected chi connectivity index (χ4v) is 2.04. The lowest BCUT2D eigenvalue weighted by molar-refractivity contribution is 0.108. The second-order valence-electron chi connectivity index (χ2n) is 4.83. The number of ether oxygens (including phenoxy) is 1. The summed E-state index contributed by atoms with van der Waals surface area (Å²) < 4.78 is 10.7. The molecule has 6 nitrogen and oxygen atoms in total. The van der Waals surface area contributed by atoms with Gasteiger partial charge in [0.2, 0.25) is 12.3 Å². The van der Waals surface area contributed by atoms with Gasteiger partial charge in [0.15, 0.2) is 0 Å². The van der Waals surface area contributed by atoms with Crippen molar-refractivity contribution in [3.05, 3.63) is 66.1 Å². The average molecular weight is 307 g/mol. The molecule has 1 atom stereocenters. The number of hydrogen-bond acceptors (Lipinski definition) is 6. The van der Waals surface area contributed by atoms with Crippen LogP contribution in [0.2, 0.25) is 0 Å². The standard InChI is InChI=1S/C17H13N3O3/c18-9-12-1-3-13(4-2-12)16(21)10-22-15-7-5-14(6-8-15)17-20-19-11-23-17/h1-8,11,16,21H,10H2. The van der Waals surface area contributed by atoms with Crippen LogP contribution in [0.15, 0.2) is 59.3 Å². The first-order valence-corrected chi connectivity index (χ1v) is 6.94. The van der Waals surface area contributed by atoms with E-state index in [-0.39, 0.29) is 6.61 Å². The van der Waals surface area contributed by atoms with Gasteiger partial charge in [0, 0.05) is 5.56 Å². The number of aliphatic hydroxyl groups excluding tert-OH is 1. The zero-order valence-electron chi connectivity index (χ0n) is 12.1. The van der Waals surface area contributed by atoms with E-state index in [4.69, 9.17) is 14.4 Å². The van der Waals surface area contributed by atoms with Gasteiger partial charge >= 0.3 is 0 Å². The molecule has 0 fully saturated rings. The van der Waals surface area contributed by atoms with Crippen LogP contribution < -0.4 is 4.74 Å². The summed E-state index contributed by atoms with van der Waals surface area (Å²) in [7, 11) is 0. The molecule has 1 heterocycles. The molecule has 0 saturated carbocycles. The molecular weight excluding hydrogens is 294 g/mol. The third-order valence-corrected chi connectivity index (χ3v) is 3.29. The van der Waals surface area contributed by atoms with E-state index in [1.54, 1.807) is 48.5 Å². The minimum atomic E-state index is -0.765. The Morgan fingerprint density at radius 2 is 1.87 bits per heavy atom. The van der Waals surface area contributed by atoms with Crippen molar-refractivity contribution >= 4 is 0 Å². The molecule has 0 aliphatic rings. The third-order valence-electron chi connectivity index (χ3n) is 3.29. The van der Waals surface area contributed by atoms with Crippen LogP contribution in [0.5, 0.6) is 5.75 Å². The molecule has 0 bridgehead atoms. The Hall–Kier alpha value is -3.17. The molecule has 1 aromatic heterocycles. The Kier molecular flexibility index (Phi) is 4.32. The minimum absolute atomic E-state index is 0.117. The second kappa shape index (κ2) is 6.73. The maximum atomic E-state index is 10.1. The summed E-state index contributed by atoms with van der Waals surface area (Å²) in [6, 6.07) is 15.9. The van der Waals surface area contributed by atoms with Gasteiger partial charge in [0.25, 0.3) is 0 Å². The van der Waals surface area contributed by atoms with Crippen LogP contribution >= 0.6 is 0 Å². The number of aliphatic hydroxyl groups is 1. The largest absolute Gasteiger partial charge is 0.491 e. The maximum Gasteiger partial charge on any atom is 0.247 e. The molecular formula is C17H13N3O3. The van der Waals surface area contributed by atoms with E-state index in [9.17, 15) is 5.11 Å². The SMILES string of the molecule is N#Cc1ccc(C(O)COc2ccc(-c3nnco3)cc2)cc1. The molecule has 6 heteroatoms. The number of benzene rings is 2. The number of nitrogens with zero attached hydrogens (tertiary/aromatic N) is 3. The summed E-state index contributed by atoms with van der Waals surface area (Å²) in [5.74, 6) is 1.06. The first-order valence-electron chi connectivity index (χ1n) is 6.94. The van der Waals surface area contributed by atoms with Crippen molar-refractivity contribution in [3.8, 4) is 23.3 Å². The van der Waals surface area contributed by atoms with Crippen LogP contribution in [0.3, 0.4) is 0 Å². The third kappa shape index (κ3) is 3.54. The van der Waals surface area contributed by atoms with Crippen LogP contribution in [0, 0.1) is 11.3 Å². The Balaban J connectivity index is 1.60. The van der Waals surface area contributed by atoms with E-state index < -0.39 is 6.10 Å². The van der Waals surface area contributed by atoms with Crippen LogP contribution in [0.25, 0.3) is 11.5 Å². The minimum Gasteiger partial charge on any atom is -0.491 e. The lowest BCUT2D eigenvalue weighted by Gasteiger charge is -2.13. The molecule has 2 aromatic carbocycles. The van der Waals surface area contributed by atoms with E-state index in [0.29, 0.717) is 22.8 Å². The van der Waals surface area contributed by atoms with E-state index in [0.717, 1.165) is 5.56 Å². The number of aromatic nitrogens is 2. The molecule has 23 heavy (non-hydrogen) atoms. The summed E-state index contributed by atoms with van der Waals surface area (Å²) in [5.41, 5.74) is 2.05. The van der Waals surface area contributed by atoms with Crippen molar-refractivity contribution < 1.29 is 14.3 Å². The van der Waals surface area contributed by atoms with Crippen molar-refractivity contribution in [1.29, 1.82) is 5.26 Å². The van der Waals surface area contributed by atoms with Crippen molar-refractivity contribution in [3.63, 3.8) is 0 Å². The van der Waals surface area contributed by atoms with E-state index in [1.807, 2.05) is 6.07 Å². The van der Waals surface area contributed by atoms with Crippen molar-refractivity contribution in [2.24, 2.45) is 0 Å². The molecule has 0 amide bonds. The highest BCUT2D eigenvalue weighted by molar-refractivity contribution is 5.53. The first-order chi connectivity index (χ1) is 11.3. The predicted molar refractivity (Wildman–Crippen MR) is 81.3 cm³/mol. The van der Waals surface area contributed by atoms with Gasteiger partial charge in [-0.25, -0.2) is 0 Å². The number of nitriles is 1. The van der Waals surface area contributed by atoms with Crippen LogP contribution in [-0.2, 0) is 0 Å². The quantitative estimate of drug-likeness (QED) is 0.779. The maximum absolute atomic E-state index is 10.1. The first kappa shape index (κ1) is 14.8. The smallest absolute Gasteiger partial charge is 0.247 e. The Morgan fingerprint density at radius 1 is 1.13 bits per heavy atom. The molecule has 114 valence electrons. The molecule has 0 aliphatic carbocycles. The predicted octanol–water partition coefficient (Wildman–Crippen LogP) is 2.72. The van der Waals surface area contributed by atoms with Gasteiger partial charge in [-0.1, -0.05) is 12.1 Å². The topological polar surface area (TPSA) is 92.2 Å². The highest BCUT2D eigenvalue weighted by Gasteiger charge is 2.09. The van der Waals surface area contributed by atoms with Gasteiger partial charge in [-0.05, 0) is 42.0 Å². The van der Waals surface area contributed by atoms with Gasteiger partial charge in [-0.15, -0.1) is 10.2 Å². The van der Waals surface area contributed by atoms with E-state index >= 15 is 0 Å². The summed E-state index contributed by atoms with van der Waals surface area (Å²) in [5, 5.41) is 26.3. The second-order valence-corrected chi connectivity index (χ2v) is 4.83. The van der Waals surface area contributed by atoms with Crippen molar-refractivity contribution in [2.45, 2.75) is 6.10 Å². The Bertz CT molecular complexity index is 791. The van der Waals surface area contributed by atoms with Crippen molar-refractivity contribution in [1.82, 2.24) is 10.2 Å². The molecule has 1 unspecified atom stereocenters. The van der Waals surface area contributed by atoms with Gasteiger partial charge in [0.05, 0.1) is 11.6 Å². The molecule has 0 aliphatic heterocycles. The van der Waals surface area contributed by atoms with Gasteiger partial charge in [-0.3, -0.25) is 0 Å². The van der Waals surface area contributed by atoms with Crippen LogP contribution in [0.1, 0.15) is 17.2 Å². The normalized spacial score (nSPS) is 11.7. The van der Waals surface area contributed by atoms with Crippen molar-refractivity contribution in [2.75, 3.05) is 6.61 Å². The van der Waals surface area contributed by atoms with Gasteiger partial charge < -0.3 is 14.3 Å². The molecule has 3 aromatic rings. The zero-order chi connectivity index (χ0) is 16.1. The fraction of sp³-hybridized carbons (Fsp3) is 0.118. The van der Waals surface area contributed by atoms with Gasteiger partial charge in [-0.2, -0.15) is 5.26 Å². The fourth-order valence-electron chi connectivity index (χ4n) is 2.04. The number of rotatable bonds is 5. The highest BCUT2D eigenvalue weighted by atomic mass is 16.5. The van der Waals surface area contributed by atoms with Gasteiger partial charge in [0.1, 0.15) is 18.5 Å². The monoisotopic (exact) mass is 307 g/mol.